The molecular formula is C11H15NO2S. The summed E-state index contributed by atoms with van der Waals surface area (Å²) in [5.41, 5.74) is -0.487. The molecule has 1 aliphatic carbocycles. The molecule has 0 aromatic carbocycles. The van der Waals surface area contributed by atoms with Gasteiger partial charge in [-0.25, -0.2) is 0 Å². The van der Waals surface area contributed by atoms with Gasteiger partial charge in [-0.05, 0) is 30.4 Å². The first kappa shape index (κ1) is 10.6. The van der Waals surface area contributed by atoms with Crippen LogP contribution in [0.2, 0.25) is 0 Å². The number of nitrogens with zero attached hydrogens (tertiary/aromatic N) is 1. The second kappa shape index (κ2) is 3.94. The lowest BCUT2D eigenvalue weighted by molar-refractivity contribution is -0.136. The Bertz CT molecular complexity index is 338. The van der Waals surface area contributed by atoms with E-state index in [1.807, 2.05) is 17.5 Å². The molecule has 1 saturated carbocycles. The molecule has 4 heteroatoms. The number of aliphatic hydroxyl groups is 1. The van der Waals surface area contributed by atoms with Crippen LogP contribution in [-0.2, 0) is 4.79 Å². The predicted octanol–water partition coefficient (Wildman–Crippen LogP) is 1.87. The molecule has 0 aliphatic heterocycles. The van der Waals surface area contributed by atoms with Gasteiger partial charge in [0.05, 0.1) is 17.0 Å². The van der Waals surface area contributed by atoms with Crippen LogP contribution in [0.3, 0.4) is 0 Å². The van der Waals surface area contributed by atoms with Crippen LogP contribution in [-0.4, -0.2) is 24.7 Å². The summed E-state index contributed by atoms with van der Waals surface area (Å²) >= 11 is 1.54. The number of thiophene rings is 1. The molecule has 1 N–H and O–H groups in total. The molecule has 1 aromatic heterocycles. The lowest BCUT2D eigenvalue weighted by atomic mass is 9.68. The molecule has 0 atom stereocenters. The summed E-state index contributed by atoms with van der Waals surface area (Å²) in [5.74, 6) is 0.0544. The average Bonchev–Trinajstić information content (AvgIpc) is 2.68. The SMILES string of the molecule is CN(C(=O)C1(CO)CCC1)c1cccs1. The highest BCUT2D eigenvalue weighted by molar-refractivity contribution is 7.14. The van der Waals surface area contributed by atoms with Gasteiger partial charge in [-0.1, -0.05) is 6.42 Å². The van der Waals surface area contributed by atoms with Crippen LogP contribution in [0.15, 0.2) is 17.5 Å². The maximum absolute atomic E-state index is 12.1. The van der Waals surface area contributed by atoms with E-state index in [1.54, 1.807) is 23.3 Å². The molecule has 1 aliphatic rings. The Kier molecular flexibility index (Phi) is 2.80. The standard InChI is InChI=1S/C11H15NO2S/c1-12(9-4-2-7-15-9)10(14)11(8-13)5-3-6-11/h2,4,7,13H,3,5-6,8H2,1H3. The molecule has 1 heterocycles. The Morgan fingerprint density at radius 2 is 2.40 bits per heavy atom. The Balaban J connectivity index is 2.14. The van der Waals surface area contributed by atoms with E-state index >= 15 is 0 Å². The number of carbonyl (C=O) groups excluding carboxylic acids is 1. The van der Waals surface area contributed by atoms with Crippen molar-refractivity contribution in [1.29, 1.82) is 0 Å². The molecule has 3 nitrogen and oxygen atoms in total. The summed E-state index contributed by atoms with van der Waals surface area (Å²) in [6, 6.07) is 3.85. The van der Waals surface area contributed by atoms with Crippen LogP contribution in [0.25, 0.3) is 0 Å². The summed E-state index contributed by atoms with van der Waals surface area (Å²) in [7, 11) is 1.78. The highest BCUT2D eigenvalue weighted by atomic mass is 32.1. The van der Waals surface area contributed by atoms with E-state index in [9.17, 15) is 9.90 Å². The first-order chi connectivity index (χ1) is 7.19. The van der Waals surface area contributed by atoms with Crippen molar-refractivity contribution < 1.29 is 9.90 Å². The molecule has 82 valence electrons. The zero-order chi connectivity index (χ0) is 10.9. The Morgan fingerprint density at radius 3 is 2.80 bits per heavy atom. The third kappa shape index (κ3) is 1.68. The van der Waals surface area contributed by atoms with Crippen molar-refractivity contribution in [2.45, 2.75) is 19.3 Å². The first-order valence-corrected chi connectivity index (χ1v) is 6.00. The number of rotatable bonds is 3. The van der Waals surface area contributed by atoms with Crippen LogP contribution in [0.1, 0.15) is 19.3 Å². The van der Waals surface area contributed by atoms with Gasteiger partial charge >= 0.3 is 0 Å². The molecule has 2 rings (SSSR count). The van der Waals surface area contributed by atoms with E-state index in [1.165, 1.54) is 0 Å². The van der Waals surface area contributed by atoms with Crippen molar-refractivity contribution in [3.63, 3.8) is 0 Å². The molecule has 0 spiro atoms. The monoisotopic (exact) mass is 225 g/mol. The Morgan fingerprint density at radius 1 is 1.67 bits per heavy atom. The Hall–Kier alpha value is -0.870. The van der Waals surface area contributed by atoms with E-state index in [4.69, 9.17) is 0 Å². The van der Waals surface area contributed by atoms with Crippen LogP contribution >= 0.6 is 11.3 Å². The number of amides is 1. The van der Waals surface area contributed by atoms with Gasteiger partial charge in [0, 0.05) is 7.05 Å². The van der Waals surface area contributed by atoms with Crippen LogP contribution < -0.4 is 4.90 Å². The van der Waals surface area contributed by atoms with Crippen LogP contribution in [0.4, 0.5) is 5.00 Å². The lowest BCUT2D eigenvalue weighted by Crippen LogP contribution is -2.48. The highest BCUT2D eigenvalue weighted by Gasteiger charge is 2.45. The molecule has 1 amide bonds. The van der Waals surface area contributed by atoms with Crippen LogP contribution in [0, 0.1) is 5.41 Å². The first-order valence-electron chi connectivity index (χ1n) is 5.12. The van der Waals surface area contributed by atoms with Gasteiger partial charge in [-0.15, -0.1) is 11.3 Å². The van der Waals surface area contributed by atoms with Crippen molar-refractivity contribution in [3.05, 3.63) is 17.5 Å². The van der Waals surface area contributed by atoms with Crippen molar-refractivity contribution in [2.24, 2.45) is 5.41 Å². The number of aliphatic hydroxyl groups excluding tert-OH is 1. The van der Waals surface area contributed by atoms with Gasteiger partial charge in [-0.2, -0.15) is 0 Å². The topological polar surface area (TPSA) is 40.5 Å². The van der Waals surface area contributed by atoms with E-state index in [0.717, 1.165) is 24.3 Å². The summed E-state index contributed by atoms with van der Waals surface area (Å²) in [6.45, 7) is -0.0262. The van der Waals surface area contributed by atoms with E-state index in [2.05, 4.69) is 0 Å². The molecular weight excluding hydrogens is 210 g/mol. The van der Waals surface area contributed by atoms with Crippen molar-refractivity contribution in [1.82, 2.24) is 0 Å². The molecule has 0 unspecified atom stereocenters. The van der Waals surface area contributed by atoms with Crippen molar-refractivity contribution >= 4 is 22.2 Å². The fraction of sp³-hybridized carbons (Fsp3) is 0.545. The van der Waals surface area contributed by atoms with Crippen LogP contribution in [0.5, 0.6) is 0 Å². The molecule has 0 radical (unpaired) electrons. The number of carbonyl (C=O) groups is 1. The summed E-state index contributed by atoms with van der Waals surface area (Å²) in [4.78, 5) is 13.8. The smallest absolute Gasteiger partial charge is 0.235 e. The number of hydrogen-bond donors (Lipinski definition) is 1. The molecule has 1 aromatic rings. The predicted molar refractivity (Wildman–Crippen MR) is 61.1 cm³/mol. The second-order valence-corrected chi connectivity index (χ2v) is 5.03. The molecule has 1 fully saturated rings. The van der Waals surface area contributed by atoms with Crippen molar-refractivity contribution in [3.8, 4) is 0 Å². The third-order valence-electron chi connectivity index (χ3n) is 3.21. The van der Waals surface area contributed by atoms with E-state index < -0.39 is 5.41 Å². The maximum atomic E-state index is 12.1. The number of anilines is 1. The third-order valence-corrected chi connectivity index (χ3v) is 4.15. The quantitative estimate of drug-likeness (QED) is 0.853. The number of hydrogen-bond acceptors (Lipinski definition) is 3. The van der Waals surface area contributed by atoms with Gasteiger partial charge in [-0.3, -0.25) is 4.79 Å². The fourth-order valence-electron chi connectivity index (χ4n) is 1.96. The second-order valence-electron chi connectivity index (χ2n) is 4.11. The Labute approximate surface area is 93.3 Å². The minimum absolute atomic E-state index is 0.0262. The average molecular weight is 225 g/mol. The molecule has 15 heavy (non-hydrogen) atoms. The largest absolute Gasteiger partial charge is 0.395 e. The molecule has 0 saturated heterocycles. The minimum Gasteiger partial charge on any atom is -0.395 e. The van der Waals surface area contributed by atoms with Gasteiger partial charge < -0.3 is 10.0 Å². The van der Waals surface area contributed by atoms with Gasteiger partial charge in [0.2, 0.25) is 5.91 Å². The fourth-order valence-corrected chi connectivity index (χ4v) is 2.65. The van der Waals surface area contributed by atoms with Crippen molar-refractivity contribution in [2.75, 3.05) is 18.6 Å². The lowest BCUT2D eigenvalue weighted by Gasteiger charge is -2.40. The summed E-state index contributed by atoms with van der Waals surface area (Å²) in [5, 5.41) is 12.2. The summed E-state index contributed by atoms with van der Waals surface area (Å²) < 4.78 is 0. The zero-order valence-corrected chi connectivity index (χ0v) is 9.59. The highest BCUT2D eigenvalue weighted by Crippen LogP contribution is 2.42. The normalized spacial score (nSPS) is 18.3. The van der Waals surface area contributed by atoms with Gasteiger partial charge in [0.15, 0.2) is 0 Å². The summed E-state index contributed by atoms with van der Waals surface area (Å²) in [6.07, 6.45) is 2.68. The van der Waals surface area contributed by atoms with E-state index in [-0.39, 0.29) is 12.5 Å². The maximum Gasteiger partial charge on any atom is 0.235 e. The van der Waals surface area contributed by atoms with Gasteiger partial charge in [0.1, 0.15) is 0 Å². The van der Waals surface area contributed by atoms with Gasteiger partial charge in [0.25, 0.3) is 0 Å². The minimum atomic E-state index is -0.487. The molecule has 0 bridgehead atoms. The zero-order valence-electron chi connectivity index (χ0n) is 8.77. The van der Waals surface area contributed by atoms with E-state index in [0.29, 0.717) is 0 Å².